The fraction of sp³-hybridized carbons (Fsp3) is 0.238. The van der Waals surface area contributed by atoms with Gasteiger partial charge in [0.15, 0.2) is 0 Å². The molecule has 0 aliphatic carbocycles. The molecule has 0 saturated carbocycles. The van der Waals surface area contributed by atoms with Crippen LogP contribution in [0.3, 0.4) is 0 Å². The Morgan fingerprint density at radius 1 is 1.10 bits per heavy atom. The molecular formula is C21H21N5O4. The Kier molecular flexibility index (Phi) is 5.09. The van der Waals surface area contributed by atoms with Gasteiger partial charge in [-0.3, -0.25) is 13.9 Å². The van der Waals surface area contributed by atoms with Gasteiger partial charge in [0.1, 0.15) is 5.75 Å². The van der Waals surface area contributed by atoms with Crippen LogP contribution in [0.4, 0.5) is 5.69 Å². The minimum atomic E-state index is -0.181. The number of anilines is 1. The number of amides is 1. The van der Waals surface area contributed by atoms with Crippen molar-refractivity contribution in [3.05, 3.63) is 58.8 Å². The molecule has 2 aromatic carbocycles. The highest BCUT2D eigenvalue weighted by Gasteiger charge is 2.13. The van der Waals surface area contributed by atoms with Gasteiger partial charge in [0.2, 0.25) is 17.6 Å². The van der Waals surface area contributed by atoms with Crippen LogP contribution in [0, 0.1) is 0 Å². The van der Waals surface area contributed by atoms with E-state index in [0.717, 1.165) is 22.3 Å². The van der Waals surface area contributed by atoms with Gasteiger partial charge in [0.05, 0.1) is 18.1 Å². The second-order valence-corrected chi connectivity index (χ2v) is 6.89. The van der Waals surface area contributed by atoms with E-state index < -0.39 is 0 Å². The smallest absolute Gasteiger partial charge is 0.328 e. The van der Waals surface area contributed by atoms with Gasteiger partial charge >= 0.3 is 5.69 Å². The molecule has 30 heavy (non-hydrogen) atoms. The molecule has 0 unspecified atom stereocenters. The molecule has 0 radical (unpaired) electrons. The van der Waals surface area contributed by atoms with Crippen LogP contribution in [0.15, 0.2) is 51.8 Å². The molecule has 0 spiro atoms. The number of benzene rings is 2. The van der Waals surface area contributed by atoms with Crippen molar-refractivity contribution >= 4 is 22.6 Å². The van der Waals surface area contributed by atoms with Crippen LogP contribution >= 0.6 is 0 Å². The highest BCUT2D eigenvalue weighted by Crippen LogP contribution is 2.21. The minimum Gasteiger partial charge on any atom is -0.497 e. The molecule has 1 amide bonds. The topological polar surface area (TPSA) is 104 Å². The zero-order valence-corrected chi connectivity index (χ0v) is 16.9. The lowest BCUT2D eigenvalue weighted by molar-refractivity contribution is -0.116. The molecule has 4 rings (SSSR count). The quantitative estimate of drug-likeness (QED) is 0.527. The summed E-state index contributed by atoms with van der Waals surface area (Å²) in [6, 6.07) is 12.7. The first-order valence-corrected chi connectivity index (χ1v) is 9.38. The first-order valence-electron chi connectivity index (χ1n) is 9.38. The van der Waals surface area contributed by atoms with Crippen molar-refractivity contribution in [1.29, 1.82) is 0 Å². The van der Waals surface area contributed by atoms with Gasteiger partial charge < -0.3 is 14.6 Å². The lowest BCUT2D eigenvalue weighted by atomic mass is 10.2. The van der Waals surface area contributed by atoms with Crippen molar-refractivity contribution in [3.8, 4) is 17.1 Å². The number of rotatable bonds is 6. The number of aryl methyl sites for hydroxylation is 3. The molecule has 0 atom stereocenters. The molecule has 0 bridgehead atoms. The van der Waals surface area contributed by atoms with E-state index in [1.54, 1.807) is 42.5 Å². The van der Waals surface area contributed by atoms with Crippen molar-refractivity contribution in [2.45, 2.75) is 12.8 Å². The third-order valence-electron chi connectivity index (χ3n) is 4.94. The normalized spacial score (nSPS) is 11.0. The van der Waals surface area contributed by atoms with Gasteiger partial charge in [-0.1, -0.05) is 5.16 Å². The summed E-state index contributed by atoms with van der Waals surface area (Å²) in [4.78, 5) is 28.7. The first-order chi connectivity index (χ1) is 14.5. The maximum absolute atomic E-state index is 12.3. The number of nitrogens with one attached hydrogen (secondary N) is 1. The Bertz CT molecular complexity index is 1270. The van der Waals surface area contributed by atoms with E-state index >= 15 is 0 Å². The summed E-state index contributed by atoms with van der Waals surface area (Å²) in [5, 5.41) is 6.81. The van der Waals surface area contributed by atoms with Gasteiger partial charge in [0.25, 0.3) is 0 Å². The van der Waals surface area contributed by atoms with Crippen LogP contribution < -0.4 is 15.7 Å². The number of aromatic nitrogens is 4. The second-order valence-electron chi connectivity index (χ2n) is 6.89. The molecule has 154 valence electrons. The average Bonchev–Trinajstić information content (AvgIpc) is 3.32. The molecule has 9 heteroatoms. The molecule has 0 saturated heterocycles. The number of ether oxygens (including phenoxy) is 1. The SMILES string of the molecule is COc1ccc(-c2noc(CCC(=O)Nc3ccc4c(c3)n(C)c(=O)n4C)n2)cc1. The zero-order valence-electron chi connectivity index (χ0n) is 16.9. The lowest BCUT2D eigenvalue weighted by Gasteiger charge is -2.05. The van der Waals surface area contributed by atoms with E-state index in [1.807, 2.05) is 30.3 Å². The number of carbonyl (C=O) groups is 1. The predicted molar refractivity (Wildman–Crippen MR) is 111 cm³/mol. The molecule has 2 heterocycles. The third-order valence-corrected chi connectivity index (χ3v) is 4.94. The molecule has 1 N–H and O–H groups in total. The maximum Gasteiger partial charge on any atom is 0.328 e. The largest absolute Gasteiger partial charge is 0.497 e. The summed E-state index contributed by atoms with van der Waals surface area (Å²) in [5.41, 5.74) is 2.87. The fourth-order valence-electron chi connectivity index (χ4n) is 3.24. The van der Waals surface area contributed by atoms with E-state index in [4.69, 9.17) is 9.26 Å². The summed E-state index contributed by atoms with van der Waals surface area (Å²) < 4.78 is 13.5. The van der Waals surface area contributed by atoms with Crippen LogP contribution in [0.5, 0.6) is 5.75 Å². The van der Waals surface area contributed by atoms with Crippen LogP contribution in [0.2, 0.25) is 0 Å². The monoisotopic (exact) mass is 407 g/mol. The van der Waals surface area contributed by atoms with Gasteiger partial charge in [-0.2, -0.15) is 4.98 Å². The van der Waals surface area contributed by atoms with E-state index in [1.165, 1.54) is 0 Å². The number of hydrogen-bond donors (Lipinski definition) is 1. The lowest BCUT2D eigenvalue weighted by Crippen LogP contribution is -2.19. The van der Waals surface area contributed by atoms with Crippen molar-refractivity contribution in [3.63, 3.8) is 0 Å². The molecule has 9 nitrogen and oxygen atoms in total. The number of imidazole rings is 1. The van der Waals surface area contributed by atoms with Crippen molar-refractivity contribution < 1.29 is 14.1 Å². The van der Waals surface area contributed by atoms with Crippen LogP contribution in [0.25, 0.3) is 22.4 Å². The highest BCUT2D eigenvalue weighted by atomic mass is 16.5. The first kappa shape index (κ1) is 19.4. The van der Waals surface area contributed by atoms with Crippen molar-refractivity contribution in [2.24, 2.45) is 14.1 Å². The van der Waals surface area contributed by atoms with Gasteiger partial charge in [0, 0.05) is 38.2 Å². The zero-order chi connectivity index (χ0) is 21.3. The van der Waals surface area contributed by atoms with Crippen LogP contribution in [-0.2, 0) is 25.3 Å². The Balaban J connectivity index is 1.39. The summed E-state index contributed by atoms with van der Waals surface area (Å²) in [6.45, 7) is 0. The maximum atomic E-state index is 12.3. The highest BCUT2D eigenvalue weighted by molar-refractivity contribution is 5.93. The standard InChI is InChI=1S/C21H21N5O4/c1-25-16-9-6-14(12-17(16)26(2)21(25)28)22-18(27)10-11-19-23-20(24-30-19)13-4-7-15(29-3)8-5-13/h4-9,12H,10-11H2,1-3H3,(H,22,27). The number of methoxy groups -OCH3 is 1. The fourth-order valence-corrected chi connectivity index (χ4v) is 3.24. The average molecular weight is 407 g/mol. The second kappa shape index (κ2) is 7.86. The summed E-state index contributed by atoms with van der Waals surface area (Å²) in [5.74, 6) is 1.41. The molecule has 0 fully saturated rings. The Labute approximate surface area is 171 Å². The number of nitrogens with zero attached hydrogens (tertiary/aromatic N) is 4. The summed E-state index contributed by atoms with van der Waals surface area (Å²) >= 11 is 0. The molecule has 4 aromatic rings. The summed E-state index contributed by atoms with van der Waals surface area (Å²) in [7, 11) is 5.02. The van der Waals surface area contributed by atoms with E-state index in [-0.39, 0.29) is 18.0 Å². The van der Waals surface area contributed by atoms with Crippen molar-refractivity contribution in [1.82, 2.24) is 19.3 Å². The molecular weight excluding hydrogens is 386 g/mol. The van der Waals surface area contributed by atoms with Crippen LogP contribution in [0.1, 0.15) is 12.3 Å². The molecule has 0 aliphatic heterocycles. The van der Waals surface area contributed by atoms with Gasteiger partial charge in [-0.15, -0.1) is 0 Å². The predicted octanol–water partition coefficient (Wildman–Crippen LogP) is 2.51. The van der Waals surface area contributed by atoms with E-state index in [0.29, 0.717) is 23.8 Å². The van der Waals surface area contributed by atoms with Crippen molar-refractivity contribution in [2.75, 3.05) is 12.4 Å². The number of fused-ring (bicyclic) bond motifs is 1. The molecule has 0 aliphatic rings. The Hall–Kier alpha value is -3.88. The van der Waals surface area contributed by atoms with E-state index in [9.17, 15) is 9.59 Å². The molecule has 2 aromatic heterocycles. The number of hydrogen-bond acceptors (Lipinski definition) is 6. The number of carbonyl (C=O) groups excluding carboxylic acids is 1. The Morgan fingerprint density at radius 3 is 2.57 bits per heavy atom. The van der Waals surface area contributed by atoms with Gasteiger partial charge in [-0.25, -0.2) is 4.79 Å². The summed E-state index contributed by atoms with van der Waals surface area (Å²) in [6.07, 6.45) is 0.511. The third kappa shape index (κ3) is 3.69. The minimum absolute atomic E-state index is 0.113. The van der Waals surface area contributed by atoms with E-state index in [2.05, 4.69) is 15.5 Å². The van der Waals surface area contributed by atoms with Gasteiger partial charge in [-0.05, 0) is 42.5 Å². The van der Waals surface area contributed by atoms with Crippen LogP contribution in [-0.4, -0.2) is 32.3 Å². The Morgan fingerprint density at radius 2 is 1.83 bits per heavy atom.